The molecule has 1 aliphatic heterocycles. The zero-order valence-electron chi connectivity index (χ0n) is 19.7. The molecule has 4 rings (SSSR count). The molecule has 1 aliphatic rings. The number of aliphatic hydroxyl groups excluding tert-OH is 1. The van der Waals surface area contributed by atoms with Crippen LogP contribution in [0.3, 0.4) is 0 Å². The minimum absolute atomic E-state index is 0. The summed E-state index contributed by atoms with van der Waals surface area (Å²) < 4.78 is 26.9. The van der Waals surface area contributed by atoms with Crippen molar-refractivity contribution in [2.45, 2.75) is 43.9 Å². The zero-order chi connectivity index (χ0) is 23.0. The topological polar surface area (TPSA) is 35.5 Å². The summed E-state index contributed by atoms with van der Waals surface area (Å²) in [5.41, 5.74) is 3.29. The van der Waals surface area contributed by atoms with Crippen molar-refractivity contribution in [3.05, 3.63) is 107 Å². The molecule has 2 atom stereocenters. The first-order valence-corrected chi connectivity index (χ1v) is 11.8. The van der Waals surface area contributed by atoms with Gasteiger partial charge in [-0.1, -0.05) is 54.6 Å². The first kappa shape index (κ1) is 29.2. The van der Waals surface area contributed by atoms with Crippen molar-refractivity contribution < 1.29 is 13.9 Å². The van der Waals surface area contributed by atoms with Gasteiger partial charge in [0.2, 0.25) is 0 Å². The second-order valence-corrected chi connectivity index (χ2v) is 8.93. The number of nitrogens with one attached hydrogen (secondary N) is 1. The number of benzene rings is 3. The largest absolute Gasteiger partial charge is 0.390 e. The third-order valence-corrected chi connectivity index (χ3v) is 6.59. The number of piperidine rings is 1. The molecule has 0 radical (unpaired) electrons. The Morgan fingerprint density at radius 3 is 1.97 bits per heavy atom. The van der Waals surface area contributed by atoms with Gasteiger partial charge in [0.05, 0.1) is 6.10 Å². The van der Waals surface area contributed by atoms with Crippen molar-refractivity contribution >= 4 is 24.8 Å². The molecule has 0 aliphatic carbocycles. The number of β-amino-alcohol motifs (C(OH)–C–C–N with tert-alkyl or cyclic N) is 1. The standard InChI is InChI=1S/C28H32F2N2O.2ClH/c29-24-12-8-22(9-13-24)26(23-10-14-25(30)15-11-23)7-4-17-32-18-16-27(28(33)20-32)31-19-21-5-2-1-3-6-21;;/h1-3,5-6,8-15,26-28,31,33H,4,7,16-20H2;2*1H. The minimum Gasteiger partial charge on any atom is -0.390 e. The van der Waals surface area contributed by atoms with Gasteiger partial charge in [0.25, 0.3) is 0 Å². The van der Waals surface area contributed by atoms with Gasteiger partial charge in [-0.3, -0.25) is 0 Å². The van der Waals surface area contributed by atoms with Gasteiger partial charge in [-0.05, 0) is 73.3 Å². The molecule has 1 fully saturated rings. The second-order valence-electron chi connectivity index (χ2n) is 8.93. The van der Waals surface area contributed by atoms with Crippen LogP contribution in [0.25, 0.3) is 0 Å². The number of likely N-dealkylation sites (tertiary alicyclic amines) is 1. The maximum absolute atomic E-state index is 13.4. The number of aliphatic hydroxyl groups is 1. The Labute approximate surface area is 219 Å². The maximum Gasteiger partial charge on any atom is 0.123 e. The van der Waals surface area contributed by atoms with Crippen LogP contribution in [0.1, 0.15) is 41.9 Å². The number of rotatable bonds is 9. The van der Waals surface area contributed by atoms with Gasteiger partial charge in [0, 0.05) is 25.0 Å². The fraction of sp³-hybridized carbons (Fsp3) is 0.357. The van der Waals surface area contributed by atoms with Crippen molar-refractivity contribution in [1.29, 1.82) is 0 Å². The normalized spacial score (nSPS) is 18.1. The molecule has 2 N–H and O–H groups in total. The zero-order valence-corrected chi connectivity index (χ0v) is 21.3. The van der Waals surface area contributed by atoms with Crippen LogP contribution in [0.2, 0.25) is 0 Å². The van der Waals surface area contributed by atoms with E-state index >= 15 is 0 Å². The summed E-state index contributed by atoms with van der Waals surface area (Å²) in [6, 6.07) is 23.5. The van der Waals surface area contributed by atoms with Gasteiger partial charge in [-0.2, -0.15) is 0 Å². The van der Waals surface area contributed by atoms with Crippen LogP contribution in [-0.4, -0.2) is 41.8 Å². The molecular weight excluding hydrogens is 489 g/mol. The van der Waals surface area contributed by atoms with E-state index in [0.717, 1.165) is 50.0 Å². The Bertz CT molecular complexity index is 945. The summed E-state index contributed by atoms with van der Waals surface area (Å²) in [6.07, 6.45) is 2.33. The maximum atomic E-state index is 13.4. The van der Waals surface area contributed by atoms with Crippen LogP contribution in [0.5, 0.6) is 0 Å². The fourth-order valence-electron chi connectivity index (χ4n) is 4.72. The first-order chi connectivity index (χ1) is 16.1. The van der Waals surface area contributed by atoms with Gasteiger partial charge in [-0.25, -0.2) is 8.78 Å². The first-order valence-electron chi connectivity index (χ1n) is 11.8. The van der Waals surface area contributed by atoms with Gasteiger partial charge in [-0.15, -0.1) is 24.8 Å². The molecule has 0 saturated carbocycles. The molecule has 0 amide bonds. The molecular formula is C28H34Cl2F2N2O. The number of nitrogens with zero attached hydrogens (tertiary/aromatic N) is 1. The Hall–Kier alpha value is -2.02. The second kappa shape index (κ2) is 14.5. The van der Waals surface area contributed by atoms with Crippen LogP contribution in [0.4, 0.5) is 8.78 Å². The van der Waals surface area contributed by atoms with Crippen LogP contribution >= 0.6 is 24.8 Å². The summed E-state index contributed by atoms with van der Waals surface area (Å²) in [7, 11) is 0. The molecule has 35 heavy (non-hydrogen) atoms. The molecule has 3 nitrogen and oxygen atoms in total. The molecule has 1 heterocycles. The van der Waals surface area contributed by atoms with E-state index in [1.807, 2.05) is 42.5 Å². The summed E-state index contributed by atoms with van der Waals surface area (Å²) in [4.78, 5) is 2.32. The molecule has 0 spiro atoms. The predicted octanol–water partition coefficient (Wildman–Crippen LogP) is 5.95. The summed E-state index contributed by atoms with van der Waals surface area (Å²) in [6.45, 7) is 3.26. The van der Waals surface area contributed by atoms with Crippen LogP contribution in [0.15, 0.2) is 78.9 Å². The third-order valence-electron chi connectivity index (χ3n) is 6.59. The summed E-state index contributed by atoms with van der Waals surface area (Å²) >= 11 is 0. The van der Waals surface area contributed by atoms with Crippen molar-refractivity contribution in [3.8, 4) is 0 Å². The smallest absolute Gasteiger partial charge is 0.123 e. The van der Waals surface area contributed by atoms with Gasteiger partial charge >= 0.3 is 0 Å². The molecule has 1 saturated heterocycles. The van der Waals surface area contributed by atoms with Gasteiger partial charge in [0.1, 0.15) is 11.6 Å². The number of hydrogen-bond donors (Lipinski definition) is 2. The molecule has 7 heteroatoms. The minimum atomic E-state index is -0.396. The highest BCUT2D eigenvalue weighted by Gasteiger charge is 2.27. The van der Waals surface area contributed by atoms with Crippen LogP contribution in [-0.2, 0) is 6.54 Å². The van der Waals surface area contributed by atoms with E-state index in [0.29, 0.717) is 6.54 Å². The quantitative estimate of drug-likeness (QED) is 0.364. The lowest BCUT2D eigenvalue weighted by atomic mass is 9.87. The lowest BCUT2D eigenvalue weighted by Gasteiger charge is -2.36. The lowest BCUT2D eigenvalue weighted by molar-refractivity contribution is 0.0392. The highest BCUT2D eigenvalue weighted by molar-refractivity contribution is 5.85. The summed E-state index contributed by atoms with van der Waals surface area (Å²) in [5.74, 6) is -0.426. The Kier molecular flexibility index (Phi) is 12.1. The van der Waals surface area contributed by atoms with Crippen molar-refractivity contribution in [2.75, 3.05) is 19.6 Å². The van der Waals surface area contributed by atoms with E-state index in [4.69, 9.17) is 0 Å². The third kappa shape index (κ3) is 8.55. The molecule has 3 aromatic rings. The van der Waals surface area contributed by atoms with E-state index in [9.17, 15) is 13.9 Å². The predicted molar refractivity (Wildman–Crippen MR) is 143 cm³/mol. The van der Waals surface area contributed by atoms with E-state index in [1.165, 1.54) is 29.8 Å². The molecule has 0 bridgehead atoms. The van der Waals surface area contributed by atoms with E-state index < -0.39 is 6.10 Å². The SMILES string of the molecule is Cl.Cl.OC1CN(CCCC(c2ccc(F)cc2)c2ccc(F)cc2)CCC1NCc1ccccc1. The lowest BCUT2D eigenvalue weighted by Crippen LogP contribution is -2.52. The van der Waals surface area contributed by atoms with Crippen molar-refractivity contribution in [1.82, 2.24) is 10.2 Å². The van der Waals surface area contributed by atoms with Gasteiger partial charge in [0.15, 0.2) is 0 Å². The van der Waals surface area contributed by atoms with Gasteiger partial charge < -0.3 is 15.3 Å². The van der Waals surface area contributed by atoms with E-state index in [1.54, 1.807) is 0 Å². The number of hydrogen-bond acceptors (Lipinski definition) is 3. The Morgan fingerprint density at radius 2 is 1.43 bits per heavy atom. The highest BCUT2D eigenvalue weighted by atomic mass is 35.5. The monoisotopic (exact) mass is 522 g/mol. The number of halogens is 4. The molecule has 2 unspecified atom stereocenters. The van der Waals surface area contributed by atoms with Crippen LogP contribution in [0, 0.1) is 11.6 Å². The Balaban J connectivity index is 0.00000216. The molecule has 0 aromatic heterocycles. The van der Waals surface area contributed by atoms with Crippen molar-refractivity contribution in [3.63, 3.8) is 0 Å². The fourth-order valence-corrected chi connectivity index (χ4v) is 4.72. The average Bonchev–Trinajstić information content (AvgIpc) is 2.83. The Morgan fingerprint density at radius 1 is 0.857 bits per heavy atom. The molecule has 3 aromatic carbocycles. The van der Waals surface area contributed by atoms with E-state index in [2.05, 4.69) is 22.3 Å². The highest BCUT2D eigenvalue weighted by Crippen LogP contribution is 2.30. The average molecular weight is 523 g/mol. The van der Waals surface area contributed by atoms with Crippen LogP contribution < -0.4 is 5.32 Å². The van der Waals surface area contributed by atoms with E-state index in [-0.39, 0.29) is 48.4 Å². The summed E-state index contributed by atoms with van der Waals surface area (Å²) in [5, 5.41) is 14.2. The molecule has 190 valence electrons. The van der Waals surface area contributed by atoms with Crippen molar-refractivity contribution in [2.24, 2.45) is 0 Å².